The highest BCUT2D eigenvalue weighted by molar-refractivity contribution is 5.54. The molecule has 0 spiro atoms. The van der Waals surface area contributed by atoms with Crippen LogP contribution in [0.15, 0.2) is 24.3 Å². The molecule has 1 aromatic carbocycles. The quantitative estimate of drug-likeness (QED) is 0.654. The number of aryl methyl sites for hydroxylation is 1. The van der Waals surface area contributed by atoms with E-state index in [1.54, 1.807) is 25.2 Å². The van der Waals surface area contributed by atoms with E-state index >= 15 is 0 Å². The van der Waals surface area contributed by atoms with E-state index < -0.39 is 0 Å². The third kappa shape index (κ3) is 1.28. The van der Waals surface area contributed by atoms with Crippen molar-refractivity contribution < 1.29 is 4.39 Å². The highest BCUT2D eigenvalue weighted by atomic mass is 19.1. The smallest absolute Gasteiger partial charge is 0.184 e. The highest BCUT2D eigenvalue weighted by Crippen LogP contribution is 2.17. The fraction of sp³-hybridized carbons (Fsp3) is 0.125. The SMILES string of the molecule is Cn1nnnc1-c1ccccc1F. The van der Waals surface area contributed by atoms with Gasteiger partial charge in [0.1, 0.15) is 5.82 Å². The third-order valence-corrected chi connectivity index (χ3v) is 1.73. The summed E-state index contributed by atoms with van der Waals surface area (Å²) in [4.78, 5) is 0. The summed E-state index contributed by atoms with van der Waals surface area (Å²) in [7, 11) is 1.67. The standard InChI is InChI=1S/C8H7FN4/c1-13-8(10-11-12-13)6-4-2-3-5-7(6)9/h2-5H,1H3. The molecule has 0 amide bonds. The zero-order valence-electron chi connectivity index (χ0n) is 6.98. The maximum atomic E-state index is 13.2. The van der Waals surface area contributed by atoms with Gasteiger partial charge in [-0.15, -0.1) is 5.10 Å². The van der Waals surface area contributed by atoms with Crippen molar-refractivity contribution in [3.63, 3.8) is 0 Å². The molecule has 0 fully saturated rings. The summed E-state index contributed by atoms with van der Waals surface area (Å²) in [6, 6.07) is 6.39. The fourth-order valence-corrected chi connectivity index (χ4v) is 1.10. The molecule has 13 heavy (non-hydrogen) atoms. The molecule has 2 rings (SSSR count). The summed E-state index contributed by atoms with van der Waals surface area (Å²) in [5.74, 6) is 0.110. The van der Waals surface area contributed by atoms with Crippen LogP contribution >= 0.6 is 0 Å². The van der Waals surface area contributed by atoms with Gasteiger partial charge >= 0.3 is 0 Å². The molecule has 0 unspecified atom stereocenters. The lowest BCUT2D eigenvalue weighted by Gasteiger charge is -1.98. The molecule has 0 radical (unpaired) electrons. The van der Waals surface area contributed by atoms with Gasteiger partial charge in [-0.3, -0.25) is 0 Å². The number of tetrazole rings is 1. The number of aromatic nitrogens is 4. The number of nitrogens with zero attached hydrogens (tertiary/aromatic N) is 4. The second-order valence-corrected chi connectivity index (χ2v) is 2.61. The summed E-state index contributed by atoms with van der Waals surface area (Å²) >= 11 is 0. The van der Waals surface area contributed by atoms with Gasteiger partial charge in [0.15, 0.2) is 5.82 Å². The van der Waals surface area contributed by atoms with Crippen molar-refractivity contribution in [3.8, 4) is 11.4 Å². The largest absolute Gasteiger partial charge is 0.228 e. The van der Waals surface area contributed by atoms with Crippen LogP contribution in [-0.2, 0) is 7.05 Å². The minimum absolute atomic E-state index is 0.319. The topological polar surface area (TPSA) is 43.6 Å². The Bertz CT molecular complexity index is 424. The first kappa shape index (κ1) is 7.85. The Morgan fingerprint density at radius 1 is 1.31 bits per heavy atom. The number of benzene rings is 1. The van der Waals surface area contributed by atoms with Gasteiger partial charge < -0.3 is 0 Å². The van der Waals surface area contributed by atoms with Crippen LogP contribution in [-0.4, -0.2) is 20.2 Å². The van der Waals surface area contributed by atoms with Crippen molar-refractivity contribution >= 4 is 0 Å². The molecule has 4 nitrogen and oxygen atoms in total. The third-order valence-electron chi connectivity index (χ3n) is 1.73. The van der Waals surface area contributed by atoms with Crippen molar-refractivity contribution in [2.75, 3.05) is 0 Å². The number of hydrogen-bond acceptors (Lipinski definition) is 3. The van der Waals surface area contributed by atoms with E-state index in [1.807, 2.05) is 0 Å². The van der Waals surface area contributed by atoms with Crippen LogP contribution in [0.3, 0.4) is 0 Å². The lowest BCUT2D eigenvalue weighted by Crippen LogP contribution is -1.96. The maximum absolute atomic E-state index is 13.2. The molecule has 0 aliphatic carbocycles. The predicted octanol–water partition coefficient (Wildman–Crippen LogP) is 1.02. The van der Waals surface area contributed by atoms with Gasteiger partial charge in [0.05, 0.1) is 5.56 Å². The average molecular weight is 178 g/mol. The van der Waals surface area contributed by atoms with E-state index in [9.17, 15) is 4.39 Å². The first-order chi connectivity index (χ1) is 6.29. The molecule has 0 aliphatic rings. The lowest BCUT2D eigenvalue weighted by atomic mass is 10.2. The highest BCUT2D eigenvalue weighted by Gasteiger charge is 2.09. The first-order valence-electron chi connectivity index (χ1n) is 3.76. The molecule has 5 heteroatoms. The Morgan fingerprint density at radius 3 is 2.69 bits per heavy atom. The van der Waals surface area contributed by atoms with Crippen molar-refractivity contribution in [2.45, 2.75) is 0 Å². The van der Waals surface area contributed by atoms with Gasteiger partial charge in [0, 0.05) is 7.05 Å². The number of hydrogen-bond donors (Lipinski definition) is 0. The summed E-state index contributed by atoms with van der Waals surface area (Å²) in [5.41, 5.74) is 0.412. The van der Waals surface area contributed by atoms with Crippen molar-refractivity contribution in [3.05, 3.63) is 30.1 Å². The zero-order valence-corrected chi connectivity index (χ0v) is 6.98. The van der Waals surface area contributed by atoms with Gasteiger partial charge in [-0.05, 0) is 22.6 Å². The monoisotopic (exact) mass is 178 g/mol. The van der Waals surface area contributed by atoms with Crippen molar-refractivity contribution in [1.29, 1.82) is 0 Å². The summed E-state index contributed by atoms with van der Waals surface area (Å²) in [6.45, 7) is 0. The van der Waals surface area contributed by atoms with Crippen LogP contribution in [0, 0.1) is 5.82 Å². The van der Waals surface area contributed by atoms with E-state index in [2.05, 4.69) is 15.5 Å². The Labute approximate surface area is 74.0 Å². The lowest BCUT2D eigenvalue weighted by molar-refractivity contribution is 0.627. The van der Waals surface area contributed by atoms with Gasteiger partial charge in [0.25, 0.3) is 0 Å². The van der Waals surface area contributed by atoms with Gasteiger partial charge in [-0.25, -0.2) is 9.07 Å². The molecule has 2 aromatic rings. The molecular weight excluding hydrogens is 171 g/mol. The molecule has 0 aliphatic heterocycles. The number of halogens is 1. The second kappa shape index (κ2) is 2.93. The van der Waals surface area contributed by atoms with Crippen LogP contribution in [0.4, 0.5) is 4.39 Å². The minimum Gasteiger partial charge on any atom is -0.228 e. The summed E-state index contributed by atoms with van der Waals surface area (Å²) in [5, 5.41) is 10.8. The van der Waals surface area contributed by atoms with Crippen LogP contribution in [0.25, 0.3) is 11.4 Å². The Morgan fingerprint density at radius 2 is 2.08 bits per heavy atom. The van der Waals surface area contributed by atoms with Crippen LogP contribution in [0.1, 0.15) is 0 Å². The molecule has 0 atom stereocenters. The predicted molar refractivity (Wildman–Crippen MR) is 44.2 cm³/mol. The Hall–Kier alpha value is -1.78. The zero-order chi connectivity index (χ0) is 9.26. The molecule has 0 saturated carbocycles. The normalized spacial score (nSPS) is 10.3. The van der Waals surface area contributed by atoms with Crippen molar-refractivity contribution in [2.24, 2.45) is 7.05 Å². The minimum atomic E-state index is -0.319. The molecule has 0 N–H and O–H groups in total. The van der Waals surface area contributed by atoms with E-state index in [0.29, 0.717) is 11.4 Å². The molecule has 1 heterocycles. The number of rotatable bonds is 1. The van der Waals surface area contributed by atoms with Crippen LogP contribution < -0.4 is 0 Å². The van der Waals surface area contributed by atoms with Gasteiger partial charge in [0.2, 0.25) is 0 Å². The second-order valence-electron chi connectivity index (χ2n) is 2.61. The molecule has 0 bridgehead atoms. The van der Waals surface area contributed by atoms with E-state index in [1.165, 1.54) is 10.7 Å². The van der Waals surface area contributed by atoms with E-state index in [4.69, 9.17) is 0 Å². The Kier molecular flexibility index (Phi) is 1.77. The molecule has 66 valence electrons. The average Bonchev–Trinajstić information content (AvgIpc) is 2.52. The maximum Gasteiger partial charge on any atom is 0.184 e. The summed E-state index contributed by atoms with van der Waals surface area (Å²) in [6.07, 6.45) is 0. The molecule has 0 saturated heterocycles. The van der Waals surface area contributed by atoms with Crippen molar-refractivity contribution in [1.82, 2.24) is 20.2 Å². The molecule has 1 aromatic heterocycles. The summed E-state index contributed by atoms with van der Waals surface area (Å²) < 4.78 is 14.7. The molecular formula is C8H7FN4. The Balaban J connectivity index is 2.59. The fourth-order valence-electron chi connectivity index (χ4n) is 1.10. The first-order valence-corrected chi connectivity index (χ1v) is 3.76. The van der Waals surface area contributed by atoms with Gasteiger partial charge in [-0.1, -0.05) is 12.1 Å². The van der Waals surface area contributed by atoms with Crippen LogP contribution in [0.2, 0.25) is 0 Å². The van der Waals surface area contributed by atoms with E-state index in [0.717, 1.165) is 0 Å². The van der Waals surface area contributed by atoms with Crippen LogP contribution in [0.5, 0.6) is 0 Å². The van der Waals surface area contributed by atoms with E-state index in [-0.39, 0.29) is 5.82 Å². The van der Waals surface area contributed by atoms with Gasteiger partial charge in [-0.2, -0.15) is 0 Å².